The predicted molar refractivity (Wildman–Crippen MR) is 129 cm³/mol. The zero-order valence-corrected chi connectivity index (χ0v) is 19.8. The standard InChI is InChI=1S/C26H35FN2O3S/c27-22-8-4-7-21(18-22)26(30)25-14-13-24(28-25)17-20-9-11-23(12-10-20)29-33(31,32)16-15-19-5-2-1-3-6-19/h1-8,18,20,23-26,28-30H,9-17H2/t20?,23?,24-,25+,26-/m0/s1. The van der Waals surface area contributed by atoms with Crippen LogP contribution in [0.1, 0.15) is 62.2 Å². The van der Waals surface area contributed by atoms with Crippen LogP contribution in [0.5, 0.6) is 0 Å². The van der Waals surface area contributed by atoms with Gasteiger partial charge in [0.05, 0.1) is 11.9 Å². The van der Waals surface area contributed by atoms with Gasteiger partial charge < -0.3 is 10.4 Å². The fourth-order valence-electron chi connectivity index (χ4n) is 5.34. The molecule has 7 heteroatoms. The van der Waals surface area contributed by atoms with Gasteiger partial charge in [0.15, 0.2) is 0 Å². The molecule has 3 atom stereocenters. The van der Waals surface area contributed by atoms with Crippen LogP contribution in [0.2, 0.25) is 0 Å². The number of aryl methyl sites for hydroxylation is 1. The number of rotatable bonds is 9. The summed E-state index contributed by atoms with van der Waals surface area (Å²) in [6, 6.07) is 16.2. The third-order valence-corrected chi connectivity index (χ3v) is 8.59. The number of aliphatic hydroxyl groups is 1. The molecular formula is C26H35FN2O3S. The second-order valence-electron chi connectivity index (χ2n) is 9.67. The lowest BCUT2D eigenvalue weighted by molar-refractivity contribution is 0.133. The fraction of sp³-hybridized carbons (Fsp3) is 0.538. The maximum atomic E-state index is 13.5. The molecule has 0 aromatic heterocycles. The third-order valence-electron chi connectivity index (χ3n) is 7.16. The number of aliphatic hydroxyl groups excluding tert-OH is 1. The van der Waals surface area contributed by atoms with E-state index < -0.39 is 16.1 Å². The lowest BCUT2D eigenvalue weighted by Gasteiger charge is -2.31. The summed E-state index contributed by atoms with van der Waals surface area (Å²) in [4.78, 5) is 0. The zero-order chi connectivity index (χ0) is 23.3. The molecule has 2 aromatic rings. The molecule has 180 valence electrons. The number of hydrogen-bond acceptors (Lipinski definition) is 4. The summed E-state index contributed by atoms with van der Waals surface area (Å²) in [6.07, 6.45) is 6.52. The van der Waals surface area contributed by atoms with Gasteiger partial charge in [0.1, 0.15) is 5.82 Å². The molecule has 0 amide bonds. The van der Waals surface area contributed by atoms with Crippen LogP contribution < -0.4 is 10.0 Å². The van der Waals surface area contributed by atoms with Gasteiger partial charge in [-0.3, -0.25) is 0 Å². The average Bonchev–Trinajstić information content (AvgIpc) is 3.27. The van der Waals surface area contributed by atoms with Crippen LogP contribution in [0.25, 0.3) is 0 Å². The summed E-state index contributed by atoms with van der Waals surface area (Å²) in [7, 11) is -3.28. The Labute approximate surface area is 196 Å². The molecular weight excluding hydrogens is 439 g/mol. The summed E-state index contributed by atoms with van der Waals surface area (Å²) >= 11 is 0. The molecule has 2 fully saturated rings. The molecule has 5 nitrogen and oxygen atoms in total. The van der Waals surface area contributed by atoms with Gasteiger partial charge in [0.25, 0.3) is 0 Å². The second-order valence-corrected chi connectivity index (χ2v) is 11.5. The number of benzene rings is 2. The zero-order valence-electron chi connectivity index (χ0n) is 19.0. The van der Waals surface area contributed by atoms with Crippen molar-refractivity contribution in [1.29, 1.82) is 0 Å². The van der Waals surface area contributed by atoms with Crippen molar-refractivity contribution >= 4 is 10.0 Å². The van der Waals surface area contributed by atoms with Crippen molar-refractivity contribution in [3.63, 3.8) is 0 Å². The fourth-order valence-corrected chi connectivity index (χ4v) is 6.70. The lowest BCUT2D eigenvalue weighted by atomic mass is 9.82. The molecule has 4 rings (SSSR count). The first kappa shape index (κ1) is 24.3. The van der Waals surface area contributed by atoms with E-state index in [1.54, 1.807) is 12.1 Å². The molecule has 1 aliphatic carbocycles. The molecule has 1 heterocycles. The van der Waals surface area contributed by atoms with Gasteiger partial charge in [-0.25, -0.2) is 17.5 Å². The summed E-state index contributed by atoms with van der Waals surface area (Å²) < 4.78 is 41.4. The highest BCUT2D eigenvalue weighted by atomic mass is 32.2. The first-order valence-electron chi connectivity index (χ1n) is 12.1. The number of nitrogens with one attached hydrogen (secondary N) is 2. The first-order chi connectivity index (χ1) is 15.9. The molecule has 0 unspecified atom stereocenters. The minimum absolute atomic E-state index is 0.0288. The van der Waals surface area contributed by atoms with E-state index >= 15 is 0 Å². The second kappa shape index (κ2) is 11.1. The topological polar surface area (TPSA) is 78.4 Å². The summed E-state index contributed by atoms with van der Waals surface area (Å²) in [6.45, 7) is 0. The van der Waals surface area contributed by atoms with Crippen molar-refractivity contribution in [3.8, 4) is 0 Å². The van der Waals surface area contributed by atoms with Crippen molar-refractivity contribution in [2.45, 2.75) is 75.6 Å². The number of sulfonamides is 1. The van der Waals surface area contributed by atoms with Gasteiger partial charge in [0.2, 0.25) is 10.0 Å². The summed E-state index contributed by atoms with van der Waals surface area (Å²) in [5.41, 5.74) is 1.66. The van der Waals surface area contributed by atoms with Crippen LogP contribution in [0.4, 0.5) is 4.39 Å². The predicted octanol–water partition coefficient (Wildman–Crippen LogP) is 4.09. The number of halogens is 1. The van der Waals surface area contributed by atoms with Crippen LogP contribution in [-0.2, 0) is 16.4 Å². The Kier molecular flexibility index (Phi) is 8.17. The molecule has 2 aromatic carbocycles. The largest absolute Gasteiger partial charge is 0.387 e. The minimum Gasteiger partial charge on any atom is -0.387 e. The maximum absolute atomic E-state index is 13.5. The van der Waals surface area contributed by atoms with Gasteiger partial charge in [-0.05, 0) is 80.5 Å². The van der Waals surface area contributed by atoms with E-state index in [0.717, 1.165) is 50.5 Å². The van der Waals surface area contributed by atoms with Gasteiger partial charge in [-0.2, -0.15) is 0 Å². The molecule has 0 bridgehead atoms. The molecule has 0 radical (unpaired) electrons. The molecule has 0 spiro atoms. The Morgan fingerprint density at radius 1 is 1.00 bits per heavy atom. The highest BCUT2D eigenvalue weighted by Crippen LogP contribution is 2.33. The van der Waals surface area contributed by atoms with Gasteiger partial charge in [-0.1, -0.05) is 42.5 Å². The van der Waals surface area contributed by atoms with E-state index in [4.69, 9.17) is 0 Å². The number of hydrogen-bond donors (Lipinski definition) is 3. The van der Waals surface area contributed by atoms with Crippen molar-refractivity contribution in [2.24, 2.45) is 5.92 Å². The van der Waals surface area contributed by atoms with Gasteiger partial charge >= 0.3 is 0 Å². The molecule has 1 saturated heterocycles. The first-order valence-corrected chi connectivity index (χ1v) is 13.8. The van der Waals surface area contributed by atoms with Crippen molar-refractivity contribution in [2.75, 3.05) is 5.75 Å². The van der Waals surface area contributed by atoms with Gasteiger partial charge in [-0.15, -0.1) is 0 Å². The van der Waals surface area contributed by atoms with E-state index in [1.807, 2.05) is 30.3 Å². The van der Waals surface area contributed by atoms with Crippen LogP contribution in [0.15, 0.2) is 54.6 Å². The minimum atomic E-state index is -3.28. The van der Waals surface area contributed by atoms with Crippen molar-refractivity contribution in [3.05, 3.63) is 71.5 Å². The molecule has 3 N–H and O–H groups in total. The summed E-state index contributed by atoms with van der Waals surface area (Å²) in [5.74, 6) is 0.365. The van der Waals surface area contributed by atoms with Crippen LogP contribution in [0, 0.1) is 11.7 Å². The van der Waals surface area contributed by atoms with Crippen molar-refractivity contribution < 1.29 is 17.9 Å². The Hall–Kier alpha value is -1.80. The van der Waals surface area contributed by atoms with E-state index in [0.29, 0.717) is 23.9 Å². The Bertz CT molecular complexity index is 994. The SMILES string of the molecule is O=S(=O)(CCc1ccccc1)NC1CCC(C[C@@H]2CC[C@H]([C@@H](O)c3cccc(F)c3)N2)CC1. The lowest BCUT2D eigenvalue weighted by Crippen LogP contribution is -2.40. The van der Waals surface area contributed by atoms with Crippen LogP contribution >= 0.6 is 0 Å². The maximum Gasteiger partial charge on any atom is 0.212 e. The van der Waals surface area contributed by atoms with E-state index in [9.17, 15) is 17.9 Å². The van der Waals surface area contributed by atoms with Crippen LogP contribution in [-0.4, -0.2) is 37.4 Å². The van der Waals surface area contributed by atoms with Crippen molar-refractivity contribution in [1.82, 2.24) is 10.0 Å². The summed E-state index contributed by atoms with van der Waals surface area (Å²) in [5, 5.41) is 14.2. The van der Waals surface area contributed by atoms with Gasteiger partial charge in [0, 0.05) is 18.1 Å². The molecule has 2 aliphatic rings. The normalized spacial score (nSPS) is 26.8. The van der Waals surface area contributed by atoms with E-state index in [2.05, 4.69) is 10.0 Å². The third kappa shape index (κ3) is 7.09. The Morgan fingerprint density at radius 2 is 1.76 bits per heavy atom. The van der Waals surface area contributed by atoms with E-state index in [1.165, 1.54) is 12.1 Å². The monoisotopic (exact) mass is 474 g/mol. The van der Waals surface area contributed by atoms with Crippen LogP contribution in [0.3, 0.4) is 0 Å². The smallest absolute Gasteiger partial charge is 0.212 e. The molecule has 33 heavy (non-hydrogen) atoms. The Balaban J connectivity index is 1.18. The molecule has 1 aliphatic heterocycles. The quantitative estimate of drug-likeness (QED) is 0.512. The van der Waals surface area contributed by atoms with E-state index in [-0.39, 0.29) is 23.7 Å². The molecule has 1 saturated carbocycles. The Morgan fingerprint density at radius 3 is 2.48 bits per heavy atom. The highest BCUT2D eigenvalue weighted by Gasteiger charge is 2.33. The average molecular weight is 475 g/mol. The highest BCUT2D eigenvalue weighted by molar-refractivity contribution is 7.89.